The molecular formula is C18H18Cl2N2O5S. The van der Waals surface area contributed by atoms with Crippen LogP contribution in [0.2, 0.25) is 10.0 Å². The smallest absolute Gasteiger partial charge is 0.258 e. The van der Waals surface area contributed by atoms with E-state index in [1.165, 1.54) is 35.2 Å². The van der Waals surface area contributed by atoms with E-state index in [1.807, 2.05) is 6.92 Å². The molecule has 0 fully saturated rings. The van der Waals surface area contributed by atoms with Gasteiger partial charge in [-0.3, -0.25) is 4.79 Å². The summed E-state index contributed by atoms with van der Waals surface area (Å²) < 4.78 is 32.9. The van der Waals surface area contributed by atoms with Crippen molar-refractivity contribution in [3.63, 3.8) is 0 Å². The zero-order valence-electron chi connectivity index (χ0n) is 14.9. The predicted molar refractivity (Wildman–Crippen MR) is 107 cm³/mol. The highest BCUT2D eigenvalue weighted by Gasteiger charge is 2.28. The first-order valence-corrected chi connectivity index (χ1v) is 10.7. The maximum Gasteiger partial charge on any atom is 0.258 e. The highest BCUT2D eigenvalue weighted by molar-refractivity contribution is 7.89. The summed E-state index contributed by atoms with van der Waals surface area (Å²) in [5.41, 5.74) is 0.494. The summed E-state index contributed by atoms with van der Waals surface area (Å²) in [6.45, 7) is 2.63. The Bertz CT molecular complexity index is 1000. The minimum absolute atomic E-state index is 0.0322. The SMILES string of the molecule is CCCNS(=O)(=O)c1ccc2c(c1)N(C(=O)c1cc(Cl)c(O)c(Cl)c1)CCO2. The third-order valence-electron chi connectivity index (χ3n) is 4.16. The predicted octanol–water partition coefficient (Wildman–Crippen LogP) is 3.43. The highest BCUT2D eigenvalue weighted by atomic mass is 35.5. The summed E-state index contributed by atoms with van der Waals surface area (Å²) in [6, 6.07) is 6.96. The van der Waals surface area contributed by atoms with Gasteiger partial charge in [0.15, 0.2) is 5.75 Å². The van der Waals surface area contributed by atoms with Crippen molar-refractivity contribution in [2.24, 2.45) is 0 Å². The van der Waals surface area contributed by atoms with Gasteiger partial charge >= 0.3 is 0 Å². The topological polar surface area (TPSA) is 95.9 Å². The molecule has 10 heteroatoms. The lowest BCUT2D eigenvalue weighted by Crippen LogP contribution is -2.38. The summed E-state index contributed by atoms with van der Waals surface area (Å²) in [4.78, 5) is 14.4. The molecule has 0 saturated heterocycles. The van der Waals surface area contributed by atoms with E-state index in [2.05, 4.69) is 4.72 Å². The number of amides is 1. The van der Waals surface area contributed by atoms with Crippen LogP contribution >= 0.6 is 23.2 Å². The molecule has 7 nitrogen and oxygen atoms in total. The number of sulfonamides is 1. The summed E-state index contributed by atoms with van der Waals surface area (Å²) in [5.74, 6) is -0.355. The number of phenolic OH excluding ortho intramolecular Hbond substituents is 1. The van der Waals surface area contributed by atoms with Crippen molar-refractivity contribution in [2.75, 3.05) is 24.6 Å². The molecule has 0 radical (unpaired) electrons. The van der Waals surface area contributed by atoms with Crippen LogP contribution in [0.3, 0.4) is 0 Å². The molecule has 1 amide bonds. The number of benzene rings is 2. The molecule has 1 aliphatic rings. The first kappa shape index (κ1) is 20.7. The van der Waals surface area contributed by atoms with E-state index in [0.29, 0.717) is 24.4 Å². The summed E-state index contributed by atoms with van der Waals surface area (Å²) in [5, 5.41) is 9.59. The van der Waals surface area contributed by atoms with Gasteiger partial charge in [-0.1, -0.05) is 30.1 Å². The van der Waals surface area contributed by atoms with Crippen LogP contribution in [0.1, 0.15) is 23.7 Å². The van der Waals surface area contributed by atoms with Crippen LogP contribution in [-0.4, -0.2) is 39.1 Å². The molecule has 2 aromatic rings. The number of nitrogens with zero attached hydrogens (tertiary/aromatic N) is 1. The second kappa shape index (κ2) is 8.16. The van der Waals surface area contributed by atoms with Gasteiger partial charge in [-0.2, -0.15) is 0 Å². The summed E-state index contributed by atoms with van der Waals surface area (Å²) in [6.07, 6.45) is 0.653. The van der Waals surface area contributed by atoms with Crippen molar-refractivity contribution in [1.82, 2.24) is 4.72 Å². The molecule has 150 valence electrons. The molecule has 28 heavy (non-hydrogen) atoms. The van der Waals surface area contributed by atoms with Crippen LogP contribution in [0.4, 0.5) is 5.69 Å². The number of anilines is 1. The molecule has 3 rings (SSSR count). The average molecular weight is 445 g/mol. The third kappa shape index (κ3) is 4.05. The van der Waals surface area contributed by atoms with Gasteiger partial charge in [0.05, 0.1) is 27.2 Å². The molecule has 2 aromatic carbocycles. The van der Waals surface area contributed by atoms with Crippen LogP contribution < -0.4 is 14.4 Å². The number of ether oxygens (including phenoxy) is 1. The Labute approximate surface area is 172 Å². The average Bonchev–Trinajstić information content (AvgIpc) is 2.68. The Kier molecular flexibility index (Phi) is 6.04. The van der Waals surface area contributed by atoms with Gasteiger partial charge in [0.2, 0.25) is 10.0 Å². The normalized spacial score (nSPS) is 13.8. The van der Waals surface area contributed by atoms with E-state index in [4.69, 9.17) is 27.9 Å². The number of aromatic hydroxyl groups is 1. The number of halogens is 2. The van der Waals surface area contributed by atoms with Crippen molar-refractivity contribution < 1.29 is 23.1 Å². The van der Waals surface area contributed by atoms with Crippen molar-refractivity contribution in [2.45, 2.75) is 18.2 Å². The van der Waals surface area contributed by atoms with E-state index in [0.717, 1.165) is 0 Å². The van der Waals surface area contributed by atoms with Gasteiger partial charge in [0.25, 0.3) is 5.91 Å². The Hall–Kier alpha value is -2.00. The van der Waals surface area contributed by atoms with E-state index in [-0.39, 0.29) is 39.4 Å². The number of phenols is 1. The van der Waals surface area contributed by atoms with Crippen molar-refractivity contribution in [3.05, 3.63) is 45.9 Å². The lowest BCUT2D eigenvalue weighted by molar-refractivity contribution is 0.0976. The molecule has 0 spiro atoms. The van der Waals surface area contributed by atoms with Crippen LogP contribution in [-0.2, 0) is 10.0 Å². The quantitative estimate of drug-likeness (QED) is 0.736. The molecule has 0 aromatic heterocycles. The molecule has 1 aliphatic heterocycles. The van der Waals surface area contributed by atoms with Gasteiger partial charge < -0.3 is 14.7 Å². The maximum absolute atomic E-state index is 13.0. The largest absolute Gasteiger partial charge is 0.505 e. The minimum atomic E-state index is -3.71. The Morgan fingerprint density at radius 2 is 1.93 bits per heavy atom. The number of fused-ring (bicyclic) bond motifs is 1. The minimum Gasteiger partial charge on any atom is -0.505 e. The summed E-state index contributed by atoms with van der Waals surface area (Å²) >= 11 is 11.8. The van der Waals surface area contributed by atoms with Crippen LogP contribution in [0.5, 0.6) is 11.5 Å². The van der Waals surface area contributed by atoms with Gasteiger partial charge in [0, 0.05) is 12.1 Å². The fraction of sp³-hybridized carbons (Fsp3) is 0.278. The highest BCUT2D eigenvalue weighted by Crippen LogP contribution is 2.37. The first-order valence-electron chi connectivity index (χ1n) is 8.51. The second-order valence-electron chi connectivity index (χ2n) is 6.12. The summed E-state index contributed by atoms with van der Waals surface area (Å²) in [7, 11) is -3.71. The van der Waals surface area contributed by atoms with E-state index >= 15 is 0 Å². The van der Waals surface area contributed by atoms with E-state index in [9.17, 15) is 18.3 Å². The number of rotatable bonds is 5. The van der Waals surface area contributed by atoms with Crippen LogP contribution in [0, 0.1) is 0 Å². The molecule has 1 heterocycles. The van der Waals surface area contributed by atoms with Crippen LogP contribution in [0.15, 0.2) is 35.2 Å². The van der Waals surface area contributed by atoms with Gasteiger partial charge in [-0.25, -0.2) is 13.1 Å². The maximum atomic E-state index is 13.0. The molecular weight excluding hydrogens is 427 g/mol. The zero-order valence-corrected chi connectivity index (χ0v) is 17.2. The monoisotopic (exact) mass is 444 g/mol. The number of hydrogen-bond acceptors (Lipinski definition) is 5. The van der Waals surface area contributed by atoms with Gasteiger partial charge in [-0.05, 0) is 36.8 Å². The number of carbonyl (C=O) groups is 1. The molecule has 0 bridgehead atoms. The van der Waals surface area contributed by atoms with Crippen LogP contribution in [0.25, 0.3) is 0 Å². The van der Waals surface area contributed by atoms with Gasteiger partial charge in [-0.15, -0.1) is 0 Å². The number of carbonyl (C=O) groups excluding carboxylic acids is 1. The van der Waals surface area contributed by atoms with Gasteiger partial charge in [0.1, 0.15) is 12.4 Å². The lowest BCUT2D eigenvalue weighted by Gasteiger charge is -2.30. The Morgan fingerprint density at radius 1 is 1.25 bits per heavy atom. The van der Waals surface area contributed by atoms with E-state index < -0.39 is 15.9 Å². The van der Waals surface area contributed by atoms with Crippen molar-refractivity contribution >= 4 is 44.8 Å². The molecule has 0 aliphatic carbocycles. The molecule has 0 saturated carbocycles. The van der Waals surface area contributed by atoms with E-state index in [1.54, 1.807) is 0 Å². The fourth-order valence-corrected chi connectivity index (χ4v) is 4.38. The number of hydrogen-bond donors (Lipinski definition) is 2. The molecule has 0 atom stereocenters. The standard InChI is InChI=1S/C18H18Cl2N2O5S/c1-2-5-21-28(25,26)12-3-4-16-15(10-12)22(6-7-27-16)18(24)11-8-13(19)17(23)14(20)9-11/h3-4,8-10,21,23H,2,5-7H2,1H3. The fourth-order valence-electron chi connectivity index (χ4n) is 2.74. The molecule has 2 N–H and O–H groups in total. The Morgan fingerprint density at radius 3 is 2.57 bits per heavy atom. The Balaban J connectivity index is 2.00. The van der Waals surface area contributed by atoms with Crippen molar-refractivity contribution in [1.29, 1.82) is 0 Å². The lowest BCUT2D eigenvalue weighted by atomic mass is 10.1. The zero-order chi connectivity index (χ0) is 20.5. The first-order chi connectivity index (χ1) is 13.2. The third-order valence-corrected chi connectivity index (χ3v) is 6.19. The number of nitrogens with one attached hydrogen (secondary N) is 1. The molecule has 0 unspecified atom stereocenters. The second-order valence-corrected chi connectivity index (χ2v) is 8.70. The van der Waals surface area contributed by atoms with Crippen molar-refractivity contribution in [3.8, 4) is 11.5 Å².